The summed E-state index contributed by atoms with van der Waals surface area (Å²) in [5.74, 6) is -1.24. The lowest BCUT2D eigenvalue weighted by Gasteiger charge is -2.30. The lowest BCUT2D eigenvalue weighted by Crippen LogP contribution is -2.37. The predicted molar refractivity (Wildman–Crippen MR) is 106 cm³/mol. The second-order valence-corrected chi connectivity index (χ2v) is 8.81. The molecule has 8 heteroatoms. The summed E-state index contributed by atoms with van der Waals surface area (Å²) in [6, 6.07) is 11.6. The molecule has 144 valence electrons. The monoisotopic (exact) mass is 408 g/mol. The number of nitrogens with one attached hydrogen (secondary N) is 1. The lowest BCUT2D eigenvalue weighted by atomic mass is 10.2. The highest BCUT2D eigenvalue weighted by atomic mass is 35.5. The fourth-order valence-corrected chi connectivity index (χ4v) is 4.18. The maximum Gasteiger partial charge on any atom is 0.240 e. The number of hydrogen-bond acceptors (Lipinski definition) is 5. The molecule has 0 atom stereocenters. The largest absolute Gasteiger partial charge is 0.378 e. The van der Waals surface area contributed by atoms with Crippen LogP contribution >= 0.6 is 11.6 Å². The molecule has 1 aliphatic heterocycles. The zero-order chi connectivity index (χ0) is 19.4. The van der Waals surface area contributed by atoms with E-state index in [1.807, 2.05) is 13.0 Å². The van der Waals surface area contributed by atoms with E-state index in [2.05, 4.69) is 10.2 Å². The van der Waals surface area contributed by atoms with Gasteiger partial charge in [-0.1, -0.05) is 29.3 Å². The fourth-order valence-electron chi connectivity index (χ4n) is 2.88. The van der Waals surface area contributed by atoms with Crippen LogP contribution in [-0.2, 0) is 19.4 Å². The van der Waals surface area contributed by atoms with Crippen molar-refractivity contribution in [2.45, 2.75) is 11.8 Å². The summed E-state index contributed by atoms with van der Waals surface area (Å²) in [4.78, 5) is 14.6. The van der Waals surface area contributed by atoms with Gasteiger partial charge in [0.2, 0.25) is 5.91 Å². The molecule has 27 heavy (non-hydrogen) atoms. The fraction of sp³-hybridized carbons (Fsp3) is 0.316. The van der Waals surface area contributed by atoms with Crippen LogP contribution in [0.25, 0.3) is 0 Å². The average molecular weight is 409 g/mol. The van der Waals surface area contributed by atoms with E-state index in [0.717, 1.165) is 11.3 Å². The van der Waals surface area contributed by atoms with Gasteiger partial charge in [-0.3, -0.25) is 4.79 Å². The summed E-state index contributed by atoms with van der Waals surface area (Å²) < 4.78 is 30.3. The first kappa shape index (κ1) is 19.7. The molecule has 0 aromatic heterocycles. The molecule has 3 rings (SSSR count). The van der Waals surface area contributed by atoms with Crippen LogP contribution in [0.1, 0.15) is 5.56 Å². The van der Waals surface area contributed by atoms with Crippen molar-refractivity contribution in [3.05, 3.63) is 53.1 Å². The molecule has 0 aliphatic carbocycles. The molecule has 0 spiro atoms. The van der Waals surface area contributed by atoms with Gasteiger partial charge < -0.3 is 15.0 Å². The van der Waals surface area contributed by atoms with Crippen molar-refractivity contribution in [2.75, 3.05) is 42.3 Å². The third kappa shape index (κ3) is 5.00. The van der Waals surface area contributed by atoms with Gasteiger partial charge in [0.25, 0.3) is 0 Å². The Kier molecular flexibility index (Phi) is 6.04. The Bertz CT molecular complexity index is 923. The van der Waals surface area contributed by atoms with Gasteiger partial charge in [0, 0.05) is 18.1 Å². The van der Waals surface area contributed by atoms with Crippen molar-refractivity contribution in [3.63, 3.8) is 0 Å². The molecule has 1 amide bonds. The summed E-state index contributed by atoms with van der Waals surface area (Å²) in [6.07, 6.45) is 0. The molecule has 0 unspecified atom stereocenters. The number of hydrogen-bond donors (Lipinski definition) is 1. The van der Waals surface area contributed by atoms with Crippen LogP contribution in [0, 0.1) is 6.92 Å². The second-order valence-electron chi connectivity index (χ2n) is 6.38. The van der Waals surface area contributed by atoms with Crippen LogP contribution < -0.4 is 10.2 Å². The van der Waals surface area contributed by atoms with E-state index in [9.17, 15) is 13.2 Å². The van der Waals surface area contributed by atoms with Gasteiger partial charge in [0.1, 0.15) is 5.75 Å². The summed E-state index contributed by atoms with van der Waals surface area (Å²) in [6.45, 7) is 4.43. The van der Waals surface area contributed by atoms with Gasteiger partial charge in [0.05, 0.1) is 29.5 Å². The molecule has 1 fully saturated rings. The number of ether oxygens (including phenoxy) is 1. The number of nitrogens with zero attached hydrogens (tertiary/aromatic N) is 1. The third-order valence-electron chi connectivity index (χ3n) is 4.29. The molecular formula is C19H21ClN2O4S. The molecule has 0 saturated carbocycles. The number of morpholine rings is 1. The Labute approximate surface area is 164 Å². The molecule has 2 aromatic rings. The van der Waals surface area contributed by atoms with Crippen LogP contribution in [0.3, 0.4) is 0 Å². The minimum Gasteiger partial charge on any atom is -0.378 e. The molecule has 1 heterocycles. The number of aryl methyl sites for hydroxylation is 1. The van der Waals surface area contributed by atoms with E-state index in [0.29, 0.717) is 37.0 Å². The third-order valence-corrected chi connectivity index (χ3v) is 6.15. The Morgan fingerprint density at radius 2 is 1.81 bits per heavy atom. The number of amides is 1. The zero-order valence-corrected chi connectivity index (χ0v) is 16.5. The number of anilines is 2. The minimum absolute atomic E-state index is 0.128. The standard InChI is InChI=1S/C19H21ClN2O4S/c1-14-2-5-16(6-3-14)27(24,25)13-19(23)21-17-12-15(20)4-7-18(17)22-8-10-26-11-9-22/h2-7,12H,8-11,13H2,1H3,(H,21,23). The number of halogens is 1. The Balaban J connectivity index is 1.77. The van der Waals surface area contributed by atoms with E-state index in [4.69, 9.17) is 16.3 Å². The van der Waals surface area contributed by atoms with Crippen LogP contribution in [0.5, 0.6) is 0 Å². The highest BCUT2D eigenvalue weighted by molar-refractivity contribution is 7.92. The number of carbonyl (C=O) groups is 1. The van der Waals surface area contributed by atoms with Gasteiger partial charge in [-0.25, -0.2) is 8.42 Å². The summed E-state index contributed by atoms with van der Waals surface area (Å²) in [5, 5.41) is 3.16. The molecule has 0 bridgehead atoms. The highest BCUT2D eigenvalue weighted by Crippen LogP contribution is 2.30. The first-order valence-electron chi connectivity index (χ1n) is 8.57. The number of sulfone groups is 1. The van der Waals surface area contributed by atoms with Crippen LogP contribution in [0.2, 0.25) is 5.02 Å². The minimum atomic E-state index is -3.72. The maximum atomic E-state index is 12.5. The topological polar surface area (TPSA) is 75.7 Å². The Morgan fingerprint density at radius 1 is 1.15 bits per heavy atom. The first-order valence-corrected chi connectivity index (χ1v) is 10.6. The van der Waals surface area contributed by atoms with Crippen molar-refractivity contribution in [1.29, 1.82) is 0 Å². The summed E-state index contributed by atoms with van der Waals surface area (Å²) >= 11 is 6.07. The van der Waals surface area contributed by atoms with Gasteiger partial charge in [-0.05, 0) is 37.3 Å². The first-order chi connectivity index (χ1) is 12.8. The lowest BCUT2D eigenvalue weighted by molar-refractivity contribution is -0.113. The molecule has 0 radical (unpaired) electrons. The van der Waals surface area contributed by atoms with Crippen molar-refractivity contribution < 1.29 is 17.9 Å². The van der Waals surface area contributed by atoms with E-state index < -0.39 is 21.5 Å². The number of rotatable bonds is 5. The van der Waals surface area contributed by atoms with Gasteiger partial charge in [-0.15, -0.1) is 0 Å². The second kappa shape index (κ2) is 8.29. The van der Waals surface area contributed by atoms with Crippen LogP contribution in [-0.4, -0.2) is 46.4 Å². The van der Waals surface area contributed by atoms with Crippen LogP contribution in [0.15, 0.2) is 47.4 Å². The van der Waals surface area contributed by atoms with Gasteiger partial charge in [0.15, 0.2) is 9.84 Å². The molecule has 1 aliphatic rings. The van der Waals surface area contributed by atoms with E-state index in [-0.39, 0.29) is 4.90 Å². The van der Waals surface area contributed by atoms with Crippen molar-refractivity contribution in [3.8, 4) is 0 Å². The van der Waals surface area contributed by atoms with E-state index in [1.165, 1.54) is 12.1 Å². The molecule has 1 N–H and O–H groups in total. The summed E-state index contributed by atoms with van der Waals surface area (Å²) in [7, 11) is -3.72. The average Bonchev–Trinajstić information content (AvgIpc) is 2.62. The summed E-state index contributed by atoms with van der Waals surface area (Å²) in [5.41, 5.74) is 2.24. The molecule has 2 aromatic carbocycles. The Hall–Kier alpha value is -2.09. The van der Waals surface area contributed by atoms with E-state index in [1.54, 1.807) is 24.3 Å². The van der Waals surface area contributed by atoms with Gasteiger partial charge in [-0.2, -0.15) is 0 Å². The quantitative estimate of drug-likeness (QED) is 0.823. The smallest absolute Gasteiger partial charge is 0.240 e. The molecule has 6 nitrogen and oxygen atoms in total. The number of carbonyl (C=O) groups excluding carboxylic acids is 1. The maximum absolute atomic E-state index is 12.5. The predicted octanol–water partition coefficient (Wildman–Crippen LogP) is 2.90. The van der Waals surface area contributed by atoms with Crippen LogP contribution in [0.4, 0.5) is 11.4 Å². The molecule has 1 saturated heterocycles. The normalized spacial score (nSPS) is 14.8. The number of benzene rings is 2. The Morgan fingerprint density at radius 3 is 2.48 bits per heavy atom. The molecular weight excluding hydrogens is 388 g/mol. The zero-order valence-electron chi connectivity index (χ0n) is 14.9. The van der Waals surface area contributed by atoms with Crippen molar-refractivity contribution in [1.82, 2.24) is 0 Å². The highest BCUT2D eigenvalue weighted by Gasteiger charge is 2.21. The van der Waals surface area contributed by atoms with Crippen molar-refractivity contribution >= 4 is 38.7 Å². The van der Waals surface area contributed by atoms with Crippen molar-refractivity contribution in [2.24, 2.45) is 0 Å². The SMILES string of the molecule is Cc1ccc(S(=O)(=O)CC(=O)Nc2cc(Cl)ccc2N2CCOCC2)cc1. The van der Waals surface area contributed by atoms with E-state index >= 15 is 0 Å². The van der Waals surface area contributed by atoms with Gasteiger partial charge >= 0.3 is 0 Å².